The molecule has 0 amide bonds. The fourth-order valence-electron chi connectivity index (χ4n) is 9.10. The maximum atomic E-state index is 14.6. The van der Waals surface area contributed by atoms with E-state index in [1.807, 2.05) is 42.5 Å². The number of ketones is 1. The summed E-state index contributed by atoms with van der Waals surface area (Å²) in [5.74, 6) is -0.798. The molecule has 3 N–H and O–H groups in total. The number of benzene rings is 3. The summed E-state index contributed by atoms with van der Waals surface area (Å²) in [4.78, 5) is 16.7. The smallest absolute Gasteiger partial charge is 0.416 e. The number of furan rings is 1. The van der Waals surface area contributed by atoms with Gasteiger partial charge in [-0.3, -0.25) is 9.69 Å². The molecule has 0 spiro atoms. The molecule has 1 aromatic heterocycles. The predicted octanol–water partition coefficient (Wildman–Crippen LogP) is 9.80. The first-order chi connectivity index (χ1) is 28.6. The van der Waals surface area contributed by atoms with Crippen LogP contribution >= 0.6 is 11.6 Å². The van der Waals surface area contributed by atoms with Gasteiger partial charge in [0.25, 0.3) is 0 Å². The maximum Gasteiger partial charge on any atom is 0.416 e. The minimum Gasteiger partial charge on any atom is -0.453 e. The zero-order chi connectivity index (χ0) is 43.1. The average Bonchev–Trinajstić information content (AvgIpc) is 3.79. The van der Waals surface area contributed by atoms with Crippen LogP contribution < -0.4 is 0 Å². The first-order valence-corrected chi connectivity index (χ1v) is 21.2. The highest BCUT2D eigenvalue weighted by atomic mass is 35.5. The van der Waals surface area contributed by atoms with Crippen LogP contribution in [-0.4, -0.2) is 83.8 Å². The number of halogens is 4. The second kappa shape index (κ2) is 19.9. The number of aliphatic hydroxyl groups excluding tert-OH is 2. The molecule has 3 aliphatic carbocycles. The van der Waals surface area contributed by atoms with Crippen molar-refractivity contribution in [3.8, 4) is 11.3 Å². The fourth-order valence-corrected chi connectivity index (χ4v) is 9.31. The molecule has 12 heteroatoms. The number of hydrogen-bond acceptors (Lipinski definition) is 8. The van der Waals surface area contributed by atoms with E-state index in [0.29, 0.717) is 76.7 Å². The summed E-state index contributed by atoms with van der Waals surface area (Å²) < 4.78 is 58.2. The van der Waals surface area contributed by atoms with Crippen molar-refractivity contribution in [1.29, 1.82) is 0 Å². The van der Waals surface area contributed by atoms with Gasteiger partial charge in [-0.25, -0.2) is 0 Å². The van der Waals surface area contributed by atoms with Gasteiger partial charge in [-0.1, -0.05) is 72.6 Å². The Bertz CT molecular complexity index is 2090. The van der Waals surface area contributed by atoms with E-state index in [9.17, 15) is 33.3 Å². The van der Waals surface area contributed by atoms with Crippen molar-refractivity contribution in [3.63, 3.8) is 0 Å². The molecule has 5 unspecified atom stereocenters. The SMILES string of the molecule is COCCCN(CC(O)COCc1ccccc1)CC1(O)CCC2c3ccc(cc3C(=O)c3ccc(-c4cc(C(F)(F)F)ccc4Cl)o3)CC(O)CCC(C)=CCCC21C. The Balaban J connectivity index is 1.33. The van der Waals surface area contributed by atoms with Crippen LogP contribution in [0.1, 0.15) is 103 Å². The van der Waals surface area contributed by atoms with E-state index in [2.05, 4.69) is 24.8 Å². The van der Waals surface area contributed by atoms with Crippen molar-refractivity contribution >= 4 is 17.4 Å². The zero-order valence-electron chi connectivity index (χ0n) is 34.6. The summed E-state index contributed by atoms with van der Waals surface area (Å²) in [6, 6.07) is 21.3. The molecule has 4 aromatic rings. The Morgan fingerprint density at radius 2 is 1.83 bits per heavy atom. The summed E-state index contributed by atoms with van der Waals surface area (Å²) in [7, 11) is 1.65. The van der Waals surface area contributed by atoms with Gasteiger partial charge in [0.1, 0.15) is 5.76 Å². The summed E-state index contributed by atoms with van der Waals surface area (Å²) >= 11 is 6.35. The molecule has 0 aliphatic heterocycles. The van der Waals surface area contributed by atoms with Crippen molar-refractivity contribution in [2.75, 3.05) is 40.0 Å². The van der Waals surface area contributed by atoms with Crippen molar-refractivity contribution in [2.24, 2.45) is 5.41 Å². The first kappa shape index (κ1) is 45.7. The zero-order valence-corrected chi connectivity index (χ0v) is 35.4. The number of aliphatic hydroxyl groups is 3. The third-order valence-corrected chi connectivity index (χ3v) is 12.8. The topological polar surface area (TPSA) is 113 Å². The molecule has 5 atom stereocenters. The summed E-state index contributed by atoms with van der Waals surface area (Å²) in [5.41, 5.74) is 1.13. The van der Waals surface area contributed by atoms with Gasteiger partial charge in [-0.2, -0.15) is 13.2 Å². The Labute approximate surface area is 356 Å². The minimum absolute atomic E-state index is 0.0109. The number of rotatable bonds is 15. The van der Waals surface area contributed by atoms with Crippen LogP contribution in [0.5, 0.6) is 0 Å². The van der Waals surface area contributed by atoms with Gasteiger partial charge in [0.05, 0.1) is 41.6 Å². The lowest BCUT2D eigenvalue weighted by atomic mass is 9.64. The van der Waals surface area contributed by atoms with Crippen LogP contribution in [0.4, 0.5) is 13.2 Å². The van der Waals surface area contributed by atoms with E-state index in [1.165, 1.54) is 12.1 Å². The first-order valence-electron chi connectivity index (χ1n) is 20.8. The van der Waals surface area contributed by atoms with Gasteiger partial charge in [0.2, 0.25) is 5.78 Å². The molecule has 2 bridgehead atoms. The summed E-state index contributed by atoms with van der Waals surface area (Å²) in [6.07, 6.45) is 0.615. The van der Waals surface area contributed by atoms with Crippen molar-refractivity contribution < 1.29 is 47.2 Å². The van der Waals surface area contributed by atoms with Crippen LogP contribution in [0, 0.1) is 5.41 Å². The van der Waals surface area contributed by atoms with E-state index in [1.54, 1.807) is 13.2 Å². The normalized spacial score (nSPS) is 23.0. The lowest BCUT2D eigenvalue weighted by Gasteiger charge is -2.46. The monoisotopic (exact) mass is 851 g/mol. The van der Waals surface area contributed by atoms with E-state index >= 15 is 0 Å². The number of alkyl halides is 3. The quantitative estimate of drug-likeness (QED) is 0.0616. The molecule has 7 rings (SSSR count). The lowest BCUT2D eigenvalue weighted by Crippen LogP contribution is -2.54. The fraction of sp³-hybridized carbons (Fsp3) is 0.479. The summed E-state index contributed by atoms with van der Waals surface area (Å²) in [6.45, 7) is 6.29. The highest BCUT2D eigenvalue weighted by Crippen LogP contribution is 2.59. The van der Waals surface area contributed by atoms with E-state index in [-0.39, 0.29) is 47.7 Å². The lowest BCUT2D eigenvalue weighted by molar-refractivity contribution is -0.137. The van der Waals surface area contributed by atoms with Crippen LogP contribution in [0.3, 0.4) is 0 Å². The Kier molecular flexibility index (Phi) is 15.2. The Morgan fingerprint density at radius 1 is 1.05 bits per heavy atom. The molecule has 8 nitrogen and oxygen atoms in total. The molecule has 3 aliphatic rings. The Hall–Kier alpha value is -3.81. The van der Waals surface area contributed by atoms with Crippen LogP contribution in [-0.2, 0) is 28.7 Å². The molecule has 324 valence electrons. The molecule has 0 radical (unpaired) electrons. The highest BCUT2D eigenvalue weighted by Gasteiger charge is 2.57. The molecular formula is C48H57ClF3NO7. The van der Waals surface area contributed by atoms with Gasteiger partial charge in [-0.05, 0) is 117 Å². The number of fused-ring (bicyclic) bond motifs is 8. The minimum atomic E-state index is -4.60. The second-order valence-electron chi connectivity index (χ2n) is 16.9. The average molecular weight is 852 g/mol. The number of nitrogens with zero attached hydrogens (tertiary/aromatic N) is 1. The number of methoxy groups -OCH3 is 1. The van der Waals surface area contributed by atoms with Gasteiger partial charge in [0.15, 0.2) is 5.76 Å². The van der Waals surface area contributed by atoms with Gasteiger partial charge in [-0.15, -0.1) is 0 Å². The number of allylic oxidation sites excluding steroid dienone is 2. The predicted molar refractivity (Wildman–Crippen MR) is 226 cm³/mol. The largest absolute Gasteiger partial charge is 0.453 e. The van der Waals surface area contributed by atoms with Crippen LogP contribution in [0.2, 0.25) is 5.02 Å². The van der Waals surface area contributed by atoms with Gasteiger partial charge in [0, 0.05) is 49.9 Å². The number of carbonyl (C=O) groups excluding carboxylic acids is 1. The third kappa shape index (κ3) is 11.0. The van der Waals surface area contributed by atoms with Crippen molar-refractivity contribution in [2.45, 2.75) is 102 Å². The van der Waals surface area contributed by atoms with Crippen LogP contribution in [0.15, 0.2) is 94.9 Å². The third-order valence-electron chi connectivity index (χ3n) is 12.5. The molecular weight excluding hydrogens is 795 g/mol. The maximum absolute atomic E-state index is 14.6. The van der Waals surface area contributed by atoms with Gasteiger partial charge >= 0.3 is 6.18 Å². The molecule has 3 aromatic carbocycles. The van der Waals surface area contributed by atoms with Crippen molar-refractivity contribution in [3.05, 3.63) is 129 Å². The second-order valence-corrected chi connectivity index (χ2v) is 17.3. The molecule has 1 saturated carbocycles. The van der Waals surface area contributed by atoms with E-state index in [4.69, 9.17) is 25.5 Å². The summed E-state index contributed by atoms with van der Waals surface area (Å²) in [5, 5.41) is 35.3. The molecule has 1 fully saturated rings. The highest BCUT2D eigenvalue weighted by molar-refractivity contribution is 6.33. The van der Waals surface area contributed by atoms with Gasteiger partial charge < -0.3 is 29.2 Å². The number of carbonyl (C=O) groups is 1. The Morgan fingerprint density at radius 3 is 2.58 bits per heavy atom. The molecule has 0 saturated heterocycles. The van der Waals surface area contributed by atoms with Crippen LogP contribution in [0.25, 0.3) is 11.3 Å². The van der Waals surface area contributed by atoms with E-state index < -0.39 is 40.7 Å². The number of ether oxygens (including phenoxy) is 2. The number of hydrogen-bond donors (Lipinski definition) is 3. The van der Waals surface area contributed by atoms with E-state index in [0.717, 1.165) is 40.5 Å². The standard InChI is InChI=1S/C48H57ClF3NO7/c1-32-9-7-21-46(2)41(20-22-47(46,57)31-53(23-8-24-58-3)28-37(55)30-59-29-33-10-5-4-6-11-33)38-16-13-34(25-36(54)15-12-32)26-39(38)45(56)44-19-18-43(60-44)40-27-35(48(50,51)52)14-17-42(40)49/h4-6,9-11,13-14,16-19,26-27,36-37,41,54-55,57H,7-8,12,15,20-25,28-31H2,1-3H3. The molecule has 1 heterocycles. The van der Waals surface area contributed by atoms with Crippen molar-refractivity contribution in [1.82, 2.24) is 4.90 Å². The molecule has 60 heavy (non-hydrogen) atoms.